The minimum absolute atomic E-state index is 0.129. The first-order valence-corrected chi connectivity index (χ1v) is 10.4. The third kappa shape index (κ3) is 3.02. The zero-order valence-corrected chi connectivity index (χ0v) is 15.4. The summed E-state index contributed by atoms with van der Waals surface area (Å²) in [5.74, 6) is 3.32. The van der Waals surface area contributed by atoms with Gasteiger partial charge in [-0.1, -0.05) is 12.1 Å². The average Bonchev–Trinajstić information content (AvgIpc) is 3.13. The zero-order valence-electron chi connectivity index (χ0n) is 15.4. The highest BCUT2D eigenvalue weighted by Crippen LogP contribution is 2.60. The average molecular weight is 355 g/mol. The monoisotopic (exact) mass is 355 g/mol. The Morgan fingerprint density at radius 3 is 2.46 bits per heavy atom. The molecule has 1 atom stereocenters. The van der Waals surface area contributed by atoms with Crippen molar-refractivity contribution in [3.8, 4) is 5.75 Å². The minimum atomic E-state index is -0.129. The molecule has 140 valence electrons. The van der Waals surface area contributed by atoms with Crippen LogP contribution < -0.4 is 10.1 Å². The van der Waals surface area contributed by atoms with Crippen molar-refractivity contribution in [3.05, 3.63) is 24.3 Å². The maximum atomic E-state index is 13.3. The summed E-state index contributed by atoms with van der Waals surface area (Å²) >= 11 is 0. The van der Waals surface area contributed by atoms with Crippen molar-refractivity contribution in [3.63, 3.8) is 0 Å². The Kier molecular flexibility index (Phi) is 4.19. The van der Waals surface area contributed by atoms with Gasteiger partial charge in [0.1, 0.15) is 12.4 Å². The van der Waals surface area contributed by atoms with E-state index in [0.717, 1.165) is 67.9 Å². The van der Waals surface area contributed by atoms with Crippen LogP contribution in [0.3, 0.4) is 0 Å². The van der Waals surface area contributed by atoms with E-state index >= 15 is 0 Å². The SMILES string of the molecule is O=C(Nc1ccccc1OC[C@@H]1CCCO1)C12CC3CC(CC(C3)C1)C2. The molecule has 0 radical (unpaired) electrons. The molecule has 4 aliphatic carbocycles. The molecule has 5 fully saturated rings. The van der Waals surface area contributed by atoms with E-state index in [4.69, 9.17) is 9.47 Å². The Hall–Kier alpha value is -1.55. The van der Waals surface area contributed by atoms with Crippen molar-refractivity contribution in [2.45, 2.75) is 57.5 Å². The second-order valence-electron chi connectivity index (χ2n) is 9.09. The van der Waals surface area contributed by atoms with Crippen LogP contribution in [0.5, 0.6) is 5.75 Å². The summed E-state index contributed by atoms with van der Waals surface area (Å²) in [7, 11) is 0. The Morgan fingerprint density at radius 1 is 1.12 bits per heavy atom. The van der Waals surface area contributed by atoms with Crippen LogP contribution in [0, 0.1) is 23.2 Å². The summed E-state index contributed by atoms with van der Waals surface area (Å²) in [5, 5.41) is 3.24. The minimum Gasteiger partial charge on any atom is -0.489 e. The van der Waals surface area contributed by atoms with Crippen molar-refractivity contribution < 1.29 is 14.3 Å². The molecule has 1 aliphatic heterocycles. The van der Waals surface area contributed by atoms with Crippen molar-refractivity contribution in [1.82, 2.24) is 0 Å². The van der Waals surface area contributed by atoms with E-state index in [9.17, 15) is 4.79 Å². The molecular formula is C22H29NO3. The first-order valence-electron chi connectivity index (χ1n) is 10.4. The molecule has 4 heteroatoms. The van der Waals surface area contributed by atoms with Gasteiger partial charge in [0.15, 0.2) is 0 Å². The smallest absolute Gasteiger partial charge is 0.230 e. The quantitative estimate of drug-likeness (QED) is 0.852. The maximum absolute atomic E-state index is 13.3. The lowest BCUT2D eigenvalue weighted by molar-refractivity contribution is -0.140. The third-order valence-electron chi connectivity index (χ3n) is 7.10. The molecule has 1 amide bonds. The largest absolute Gasteiger partial charge is 0.489 e. The number of amides is 1. The van der Waals surface area contributed by atoms with E-state index < -0.39 is 0 Å². The second-order valence-corrected chi connectivity index (χ2v) is 9.09. The normalized spacial score (nSPS) is 37.7. The van der Waals surface area contributed by atoms with Crippen molar-refractivity contribution in [2.24, 2.45) is 23.2 Å². The van der Waals surface area contributed by atoms with Crippen LogP contribution in [0.25, 0.3) is 0 Å². The molecule has 4 nitrogen and oxygen atoms in total. The van der Waals surface area contributed by atoms with E-state index in [-0.39, 0.29) is 17.4 Å². The van der Waals surface area contributed by atoms with Gasteiger partial charge in [0.25, 0.3) is 0 Å². The van der Waals surface area contributed by atoms with Crippen LogP contribution in [0.1, 0.15) is 51.4 Å². The van der Waals surface area contributed by atoms with Gasteiger partial charge in [0, 0.05) is 6.61 Å². The fourth-order valence-electron chi connectivity index (χ4n) is 6.30. The van der Waals surface area contributed by atoms with E-state index in [1.807, 2.05) is 24.3 Å². The number of carbonyl (C=O) groups is 1. The number of hydrogen-bond acceptors (Lipinski definition) is 3. The van der Waals surface area contributed by atoms with Gasteiger partial charge in [-0.2, -0.15) is 0 Å². The van der Waals surface area contributed by atoms with Crippen LogP contribution in [-0.2, 0) is 9.53 Å². The third-order valence-corrected chi connectivity index (χ3v) is 7.10. The molecule has 1 aromatic carbocycles. The molecule has 0 unspecified atom stereocenters. The molecule has 4 bridgehead atoms. The summed E-state index contributed by atoms with van der Waals surface area (Å²) in [6, 6.07) is 7.84. The number of hydrogen-bond donors (Lipinski definition) is 1. The van der Waals surface area contributed by atoms with Gasteiger partial charge in [-0.05, 0) is 81.3 Å². The van der Waals surface area contributed by atoms with Crippen molar-refractivity contribution >= 4 is 11.6 Å². The number of nitrogens with one attached hydrogen (secondary N) is 1. The summed E-state index contributed by atoms with van der Waals surface area (Å²) in [6.45, 7) is 1.39. The van der Waals surface area contributed by atoms with Crippen LogP contribution in [0.15, 0.2) is 24.3 Å². The van der Waals surface area contributed by atoms with E-state index in [1.165, 1.54) is 19.3 Å². The van der Waals surface area contributed by atoms with Gasteiger partial charge in [-0.25, -0.2) is 0 Å². The number of carbonyl (C=O) groups excluding carboxylic acids is 1. The predicted molar refractivity (Wildman–Crippen MR) is 100 cm³/mol. The van der Waals surface area contributed by atoms with Gasteiger partial charge in [-0.3, -0.25) is 4.79 Å². The maximum Gasteiger partial charge on any atom is 0.230 e. The lowest BCUT2D eigenvalue weighted by Gasteiger charge is -2.55. The lowest BCUT2D eigenvalue weighted by atomic mass is 9.49. The molecule has 26 heavy (non-hydrogen) atoms. The Morgan fingerprint density at radius 2 is 1.81 bits per heavy atom. The molecule has 0 aromatic heterocycles. The number of rotatable bonds is 5. The van der Waals surface area contributed by atoms with Crippen LogP contribution in [0.2, 0.25) is 0 Å². The molecule has 1 aromatic rings. The zero-order chi connectivity index (χ0) is 17.6. The predicted octanol–water partition coefficient (Wildman–Crippen LogP) is 4.40. The fraction of sp³-hybridized carbons (Fsp3) is 0.682. The highest BCUT2D eigenvalue weighted by molar-refractivity contribution is 5.96. The Bertz CT molecular complexity index is 644. The first-order chi connectivity index (χ1) is 12.7. The summed E-state index contributed by atoms with van der Waals surface area (Å²) in [4.78, 5) is 13.3. The molecule has 0 spiro atoms. The van der Waals surface area contributed by atoms with Crippen LogP contribution >= 0.6 is 0 Å². The van der Waals surface area contributed by atoms with Gasteiger partial charge in [0.05, 0.1) is 17.2 Å². The number of para-hydroxylation sites is 2. The van der Waals surface area contributed by atoms with E-state index in [1.54, 1.807) is 0 Å². The summed E-state index contributed by atoms with van der Waals surface area (Å²) < 4.78 is 11.6. The molecule has 6 rings (SSSR count). The van der Waals surface area contributed by atoms with Gasteiger partial charge >= 0.3 is 0 Å². The van der Waals surface area contributed by atoms with E-state index in [0.29, 0.717) is 6.61 Å². The highest BCUT2D eigenvalue weighted by Gasteiger charge is 2.54. The fourth-order valence-corrected chi connectivity index (χ4v) is 6.30. The van der Waals surface area contributed by atoms with Crippen molar-refractivity contribution in [1.29, 1.82) is 0 Å². The van der Waals surface area contributed by atoms with Gasteiger partial charge in [0.2, 0.25) is 5.91 Å². The van der Waals surface area contributed by atoms with Gasteiger partial charge < -0.3 is 14.8 Å². The Labute approximate surface area is 155 Å². The summed E-state index contributed by atoms with van der Waals surface area (Å²) in [5.41, 5.74) is 0.683. The lowest BCUT2D eigenvalue weighted by Crippen LogP contribution is -2.51. The molecular weight excluding hydrogens is 326 g/mol. The number of anilines is 1. The second kappa shape index (κ2) is 6.56. The first kappa shape index (κ1) is 16.6. The molecule has 1 heterocycles. The standard InChI is InChI=1S/C22H29NO3/c24-21(22-11-15-8-16(12-22)10-17(9-15)13-22)23-19-5-1-2-6-20(19)26-14-18-4-3-7-25-18/h1-2,5-6,15-18H,3-4,7-14H2,(H,23,24)/t15?,16?,17?,18-,22?/m0/s1. The van der Waals surface area contributed by atoms with Crippen LogP contribution in [0.4, 0.5) is 5.69 Å². The Balaban J connectivity index is 1.29. The van der Waals surface area contributed by atoms with E-state index in [2.05, 4.69) is 5.32 Å². The number of ether oxygens (including phenoxy) is 2. The molecule has 4 saturated carbocycles. The summed E-state index contributed by atoms with van der Waals surface area (Å²) in [6.07, 6.45) is 9.67. The number of benzene rings is 1. The topological polar surface area (TPSA) is 47.6 Å². The molecule has 1 N–H and O–H groups in total. The van der Waals surface area contributed by atoms with Crippen LogP contribution in [-0.4, -0.2) is 25.2 Å². The van der Waals surface area contributed by atoms with Gasteiger partial charge in [-0.15, -0.1) is 0 Å². The molecule has 1 saturated heterocycles. The van der Waals surface area contributed by atoms with Crippen molar-refractivity contribution in [2.75, 3.05) is 18.5 Å². The highest BCUT2D eigenvalue weighted by atomic mass is 16.5. The molecule has 5 aliphatic rings.